The van der Waals surface area contributed by atoms with E-state index >= 15 is 0 Å². The zero-order valence-corrected chi connectivity index (χ0v) is 20.9. The van der Waals surface area contributed by atoms with Crippen LogP contribution in [0, 0.1) is 0 Å². The molecule has 37 heavy (non-hydrogen) atoms. The molecule has 0 aliphatic rings. The second-order valence-electron chi connectivity index (χ2n) is 7.37. The minimum Gasteiger partial charge on any atom is -0.497 e. The number of hydrogen-bond acceptors (Lipinski definition) is 7. The Balaban J connectivity index is 1.54. The highest BCUT2D eigenvalue weighted by atomic mass is 35.5. The first-order valence-electron chi connectivity index (χ1n) is 11.1. The standard InChI is InChI=1S/C26H25ClN4O6/c1-3-36-23-13-17(15-28-31-26(34)25(33)30-20-6-4-5-18(27)14-20)7-12-22(23)37-16-24(32)29-19-8-10-21(35-2)11-9-19/h4-15H,3,16H2,1-2H3,(H,29,32)(H,30,33)(H,31,34)/b28-15-. The molecule has 3 aromatic carbocycles. The van der Waals surface area contributed by atoms with Gasteiger partial charge < -0.3 is 24.8 Å². The molecule has 0 aliphatic carbocycles. The summed E-state index contributed by atoms with van der Waals surface area (Å²) in [6.07, 6.45) is 1.34. The quantitative estimate of drug-likeness (QED) is 0.210. The first kappa shape index (κ1) is 27.0. The van der Waals surface area contributed by atoms with Crippen LogP contribution >= 0.6 is 11.6 Å². The fourth-order valence-corrected chi connectivity index (χ4v) is 3.17. The average Bonchev–Trinajstić information content (AvgIpc) is 2.88. The Morgan fingerprint density at radius 1 is 0.892 bits per heavy atom. The van der Waals surface area contributed by atoms with Gasteiger partial charge in [-0.05, 0) is 73.2 Å². The summed E-state index contributed by atoms with van der Waals surface area (Å²) in [7, 11) is 1.56. The van der Waals surface area contributed by atoms with Crippen molar-refractivity contribution in [2.45, 2.75) is 6.92 Å². The van der Waals surface area contributed by atoms with Crippen molar-refractivity contribution in [3.05, 3.63) is 77.3 Å². The lowest BCUT2D eigenvalue weighted by atomic mass is 10.2. The molecule has 192 valence electrons. The highest BCUT2D eigenvalue weighted by Gasteiger charge is 2.13. The number of amides is 3. The molecule has 0 atom stereocenters. The molecule has 11 heteroatoms. The normalized spacial score (nSPS) is 10.5. The number of methoxy groups -OCH3 is 1. The lowest BCUT2D eigenvalue weighted by molar-refractivity contribution is -0.136. The van der Waals surface area contributed by atoms with Crippen LogP contribution in [0.15, 0.2) is 71.8 Å². The third-order valence-corrected chi connectivity index (χ3v) is 4.90. The number of ether oxygens (including phenoxy) is 3. The van der Waals surface area contributed by atoms with Crippen molar-refractivity contribution in [3.63, 3.8) is 0 Å². The van der Waals surface area contributed by atoms with Crippen LogP contribution in [0.3, 0.4) is 0 Å². The fourth-order valence-electron chi connectivity index (χ4n) is 2.98. The first-order valence-corrected chi connectivity index (χ1v) is 11.5. The molecule has 0 radical (unpaired) electrons. The third-order valence-electron chi connectivity index (χ3n) is 4.67. The number of anilines is 2. The van der Waals surface area contributed by atoms with E-state index in [2.05, 4.69) is 21.2 Å². The largest absolute Gasteiger partial charge is 0.497 e. The summed E-state index contributed by atoms with van der Waals surface area (Å²) in [6.45, 7) is 1.92. The lowest BCUT2D eigenvalue weighted by Crippen LogP contribution is -2.32. The average molecular weight is 525 g/mol. The molecule has 10 nitrogen and oxygen atoms in total. The van der Waals surface area contributed by atoms with Gasteiger partial charge in [0.15, 0.2) is 18.1 Å². The Morgan fingerprint density at radius 3 is 2.38 bits per heavy atom. The van der Waals surface area contributed by atoms with Crippen molar-refractivity contribution in [3.8, 4) is 17.2 Å². The van der Waals surface area contributed by atoms with E-state index in [1.54, 1.807) is 74.7 Å². The Morgan fingerprint density at radius 2 is 1.68 bits per heavy atom. The Kier molecular flexibility index (Phi) is 9.86. The van der Waals surface area contributed by atoms with Crippen molar-refractivity contribution in [1.82, 2.24) is 5.43 Å². The molecule has 0 unspecified atom stereocenters. The Labute approximate surface area is 218 Å². The number of halogens is 1. The van der Waals surface area contributed by atoms with Crippen molar-refractivity contribution >= 4 is 46.9 Å². The zero-order valence-electron chi connectivity index (χ0n) is 20.1. The fraction of sp³-hybridized carbons (Fsp3) is 0.154. The van der Waals surface area contributed by atoms with E-state index in [0.29, 0.717) is 45.8 Å². The first-order chi connectivity index (χ1) is 17.9. The van der Waals surface area contributed by atoms with Crippen molar-refractivity contribution in [1.29, 1.82) is 0 Å². The molecule has 0 spiro atoms. The van der Waals surface area contributed by atoms with Gasteiger partial charge in [-0.25, -0.2) is 5.43 Å². The topological polar surface area (TPSA) is 127 Å². The van der Waals surface area contributed by atoms with E-state index in [0.717, 1.165) is 0 Å². The minimum atomic E-state index is -0.955. The van der Waals surface area contributed by atoms with Gasteiger partial charge in [0, 0.05) is 16.4 Å². The molecule has 0 fully saturated rings. The molecular weight excluding hydrogens is 500 g/mol. The number of carbonyl (C=O) groups excluding carboxylic acids is 3. The van der Waals surface area contributed by atoms with Crippen molar-refractivity contribution in [2.75, 3.05) is 31.0 Å². The van der Waals surface area contributed by atoms with Gasteiger partial charge >= 0.3 is 11.8 Å². The van der Waals surface area contributed by atoms with Crippen LogP contribution in [-0.4, -0.2) is 44.3 Å². The van der Waals surface area contributed by atoms with Gasteiger partial charge in [0.05, 0.1) is 19.9 Å². The van der Waals surface area contributed by atoms with E-state index in [1.807, 2.05) is 0 Å². The number of rotatable bonds is 10. The van der Waals surface area contributed by atoms with Crippen LogP contribution in [0.25, 0.3) is 0 Å². The second-order valence-corrected chi connectivity index (χ2v) is 7.80. The van der Waals surface area contributed by atoms with E-state index in [1.165, 1.54) is 12.3 Å². The molecule has 0 aliphatic heterocycles. The molecular formula is C26H25ClN4O6. The predicted octanol–water partition coefficient (Wildman–Crippen LogP) is 3.85. The number of nitrogens with one attached hydrogen (secondary N) is 3. The molecule has 3 aromatic rings. The number of carbonyl (C=O) groups is 3. The minimum absolute atomic E-state index is 0.239. The maximum Gasteiger partial charge on any atom is 0.329 e. The van der Waals surface area contributed by atoms with Crippen LogP contribution in [0.4, 0.5) is 11.4 Å². The maximum absolute atomic E-state index is 12.3. The van der Waals surface area contributed by atoms with E-state index < -0.39 is 11.8 Å². The number of benzene rings is 3. The highest BCUT2D eigenvalue weighted by Crippen LogP contribution is 2.28. The Hall–Kier alpha value is -4.57. The van der Waals surface area contributed by atoms with Crippen molar-refractivity contribution in [2.24, 2.45) is 5.10 Å². The molecule has 0 saturated carbocycles. The summed E-state index contributed by atoms with van der Waals surface area (Å²) in [5.74, 6) is -0.783. The summed E-state index contributed by atoms with van der Waals surface area (Å²) in [5.41, 5.74) is 3.71. The number of hydrogen-bond donors (Lipinski definition) is 3. The van der Waals surface area contributed by atoms with Gasteiger partial charge in [-0.15, -0.1) is 0 Å². The van der Waals surface area contributed by atoms with E-state index in [4.69, 9.17) is 25.8 Å². The summed E-state index contributed by atoms with van der Waals surface area (Å²) < 4.78 is 16.3. The molecule has 0 saturated heterocycles. The molecule has 3 N–H and O–H groups in total. The monoisotopic (exact) mass is 524 g/mol. The van der Waals surface area contributed by atoms with Crippen LogP contribution in [0.5, 0.6) is 17.2 Å². The van der Waals surface area contributed by atoms with Crippen LogP contribution in [-0.2, 0) is 14.4 Å². The summed E-state index contributed by atoms with van der Waals surface area (Å²) >= 11 is 5.86. The van der Waals surface area contributed by atoms with Gasteiger partial charge in [0.1, 0.15) is 5.75 Å². The third kappa shape index (κ3) is 8.55. The SMILES string of the molecule is CCOc1cc(/C=N\NC(=O)C(=O)Nc2cccc(Cl)c2)ccc1OCC(=O)Nc1ccc(OC)cc1. The molecule has 0 heterocycles. The summed E-state index contributed by atoms with van der Waals surface area (Å²) in [6, 6.07) is 18.2. The van der Waals surface area contributed by atoms with Crippen LogP contribution < -0.4 is 30.3 Å². The Bertz CT molecular complexity index is 1280. The van der Waals surface area contributed by atoms with Gasteiger partial charge in [0.2, 0.25) is 0 Å². The van der Waals surface area contributed by atoms with Crippen molar-refractivity contribution < 1.29 is 28.6 Å². The van der Waals surface area contributed by atoms with E-state index in [-0.39, 0.29) is 12.5 Å². The smallest absolute Gasteiger partial charge is 0.329 e. The summed E-state index contributed by atoms with van der Waals surface area (Å²) in [4.78, 5) is 36.3. The number of nitrogens with zero attached hydrogens (tertiary/aromatic N) is 1. The highest BCUT2D eigenvalue weighted by molar-refractivity contribution is 6.39. The molecule has 3 amide bonds. The maximum atomic E-state index is 12.3. The van der Waals surface area contributed by atoms with Gasteiger partial charge in [-0.3, -0.25) is 14.4 Å². The predicted molar refractivity (Wildman–Crippen MR) is 141 cm³/mol. The molecule has 3 rings (SSSR count). The number of hydrazone groups is 1. The van der Waals surface area contributed by atoms with Gasteiger partial charge in [-0.1, -0.05) is 17.7 Å². The van der Waals surface area contributed by atoms with Gasteiger partial charge in [0.25, 0.3) is 5.91 Å². The molecule has 0 bridgehead atoms. The van der Waals surface area contributed by atoms with Crippen LogP contribution in [0.2, 0.25) is 5.02 Å². The zero-order chi connectivity index (χ0) is 26.6. The molecule has 0 aromatic heterocycles. The van der Waals surface area contributed by atoms with E-state index in [9.17, 15) is 14.4 Å². The lowest BCUT2D eigenvalue weighted by Gasteiger charge is -2.13. The second kappa shape index (κ2) is 13.5. The van der Waals surface area contributed by atoms with Gasteiger partial charge in [-0.2, -0.15) is 5.10 Å². The summed E-state index contributed by atoms with van der Waals surface area (Å²) in [5, 5.41) is 9.38. The van der Waals surface area contributed by atoms with Crippen LogP contribution in [0.1, 0.15) is 12.5 Å².